The molecule has 1 N–H and O–H groups in total. The standard InChI is InChI=1S/C16H16BrClFN/c1-2-20-15(12-7-3-4-8-13(12)17)10-11-6-5-9-14(19)16(11)18/h3-9,15,20H,2,10H2,1H3. The predicted molar refractivity (Wildman–Crippen MR) is 85.7 cm³/mol. The Morgan fingerprint density at radius 1 is 1.20 bits per heavy atom. The molecule has 2 aromatic carbocycles. The quantitative estimate of drug-likeness (QED) is 0.782. The highest BCUT2D eigenvalue weighted by Gasteiger charge is 2.16. The topological polar surface area (TPSA) is 12.0 Å². The molecule has 1 unspecified atom stereocenters. The summed E-state index contributed by atoms with van der Waals surface area (Å²) in [7, 11) is 0. The first-order valence-electron chi connectivity index (χ1n) is 6.54. The fraction of sp³-hybridized carbons (Fsp3) is 0.250. The van der Waals surface area contributed by atoms with Crippen LogP contribution in [0.2, 0.25) is 5.02 Å². The minimum Gasteiger partial charge on any atom is -0.310 e. The molecule has 20 heavy (non-hydrogen) atoms. The second-order valence-electron chi connectivity index (χ2n) is 4.55. The molecule has 0 aliphatic carbocycles. The van der Waals surface area contributed by atoms with Crippen molar-refractivity contribution >= 4 is 27.5 Å². The minimum atomic E-state index is -0.369. The van der Waals surface area contributed by atoms with Crippen molar-refractivity contribution in [1.82, 2.24) is 5.32 Å². The smallest absolute Gasteiger partial charge is 0.142 e. The number of benzene rings is 2. The van der Waals surface area contributed by atoms with Crippen molar-refractivity contribution in [3.8, 4) is 0 Å². The van der Waals surface area contributed by atoms with Gasteiger partial charge in [0.15, 0.2) is 0 Å². The van der Waals surface area contributed by atoms with Crippen LogP contribution >= 0.6 is 27.5 Å². The molecule has 4 heteroatoms. The first kappa shape index (κ1) is 15.5. The third-order valence-corrected chi connectivity index (χ3v) is 4.33. The molecule has 1 atom stereocenters. The van der Waals surface area contributed by atoms with Crippen LogP contribution in [0.3, 0.4) is 0 Å². The van der Waals surface area contributed by atoms with Crippen molar-refractivity contribution in [2.24, 2.45) is 0 Å². The lowest BCUT2D eigenvalue weighted by molar-refractivity contribution is 0.545. The number of hydrogen-bond acceptors (Lipinski definition) is 1. The van der Waals surface area contributed by atoms with Gasteiger partial charge < -0.3 is 5.32 Å². The Balaban J connectivity index is 2.31. The summed E-state index contributed by atoms with van der Waals surface area (Å²) in [6, 6.07) is 13.1. The van der Waals surface area contributed by atoms with Gasteiger partial charge in [-0.05, 0) is 36.2 Å². The van der Waals surface area contributed by atoms with Crippen LogP contribution in [0.1, 0.15) is 24.1 Å². The number of likely N-dealkylation sites (N-methyl/N-ethyl adjacent to an activating group) is 1. The minimum absolute atomic E-state index is 0.0925. The van der Waals surface area contributed by atoms with Crippen LogP contribution in [0.15, 0.2) is 46.9 Å². The monoisotopic (exact) mass is 355 g/mol. The summed E-state index contributed by atoms with van der Waals surface area (Å²) in [6.07, 6.45) is 0.646. The molecule has 0 saturated heterocycles. The van der Waals surface area contributed by atoms with Crippen molar-refractivity contribution in [3.63, 3.8) is 0 Å². The van der Waals surface area contributed by atoms with Gasteiger partial charge in [-0.1, -0.05) is 64.8 Å². The lowest BCUT2D eigenvalue weighted by Crippen LogP contribution is -2.23. The van der Waals surface area contributed by atoms with Gasteiger partial charge in [-0.3, -0.25) is 0 Å². The highest BCUT2D eigenvalue weighted by molar-refractivity contribution is 9.10. The van der Waals surface area contributed by atoms with E-state index in [9.17, 15) is 4.39 Å². The van der Waals surface area contributed by atoms with Crippen molar-refractivity contribution in [3.05, 3.63) is 68.9 Å². The fourth-order valence-electron chi connectivity index (χ4n) is 2.22. The van der Waals surface area contributed by atoms with Gasteiger partial charge in [-0.2, -0.15) is 0 Å². The summed E-state index contributed by atoms with van der Waals surface area (Å²) in [6.45, 7) is 2.88. The van der Waals surface area contributed by atoms with Crippen LogP contribution in [0.4, 0.5) is 4.39 Å². The molecule has 1 nitrogen and oxygen atoms in total. The zero-order chi connectivity index (χ0) is 14.5. The summed E-state index contributed by atoms with van der Waals surface area (Å²) in [5, 5.41) is 3.63. The number of nitrogens with one attached hydrogen (secondary N) is 1. The highest BCUT2D eigenvalue weighted by atomic mass is 79.9. The van der Waals surface area contributed by atoms with E-state index in [1.54, 1.807) is 6.07 Å². The van der Waals surface area contributed by atoms with Crippen molar-refractivity contribution in [1.29, 1.82) is 0 Å². The van der Waals surface area contributed by atoms with Crippen LogP contribution in [0, 0.1) is 5.82 Å². The second kappa shape index (κ2) is 7.21. The van der Waals surface area contributed by atoms with Crippen LogP contribution in [-0.4, -0.2) is 6.54 Å². The summed E-state index contributed by atoms with van der Waals surface area (Å²) in [4.78, 5) is 0. The molecular formula is C16H16BrClFN. The average molecular weight is 357 g/mol. The Bertz CT molecular complexity index is 588. The zero-order valence-electron chi connectivity index (χ0n) is 11.2. The summed E-state index contributed by atoms with van der Waals surface area (Å²) in [5.41, 5.74) is 1.96. The van der Waals surface area contributed by atoms with Gasteiger partial charge in [0.2, 0.25) is 0 Å². The Morgan fingerprint density at radius 3 is 2.65 bits per heavy atom. The summed E-state index contributed by atoms with van der Waals surface area (Å²) < 4.78 is 14.6. The predicted octanol–water partition coefficient (Wildman–Crippen LogP) is 5.13. The Hall–Kier alpha value is -0.900. The van der Waals surface area contributed by atoms with E-state index in [4.69, 9.17) is 11.6 Å². The Labute approximate surface area is 132 Å². The molecule has 0 amide bonds. The molecule has 106 valence electrons. The number of rotatable bonds is 5. The number of halogens is 3. The average Bonchev–Trinajstić information content (AvgIpc) is 2.44. The van der Waals surface area contributed by atoms with Crippen molar-refractivity contribution in [2.75, 3.05) is 6.54 Å². The van der Waals surface area contributed by atoms with E-state index in [0.717, 1.165) is 22.1 Å². The van der Waals surface area contributed by atoms with Crippen LogP contribution in [0.5, 0.6) is 0 Å². The molecule has 0 fully saturated rings. The van der Waals surface area contributed by atoms with Crippen LogP contribution in [0.25, 0.3) is 0 Å². The van der Waals surface area contributed by atoms with Crippen LogP contribution < -0.4 is 5.32 Å². The van der Waals surface area contributed by atoms with E-state index in [-0.39, 0.29) is 16.9 Å². The summed E-state index contributed by atoms with van der Waals surface area (Å²) in [5.74, 6) is -0.369. The normalized spacial score (nSPS) is 12.4. The van der Waals surface area contributed by atoms with Crippen LogP contribution in [-0.2, 0) is 6.42 Å². The molecule has 0 heterocycles. The summed E-state index contributed by atoms with van der Waals surface area (Å²) >= 11 is 9.62. The SMILES string of the molecule is CCNC(Cc1cccc(F)c1Cl)c1ccccc1Br. The van der Waals surface area contributed by atoms with Gasteiger partial charge in [0.1, 0.15) is 5.82 Å². The molecule has 0 aliphatic rings. The van der Waals surface area contributed by atoms with E-state index in [1.165, 1.54) is 6.07 Å². The van der Waals surface area contributed by atoms with Gasteiger partial charge >= 0.3 is 0 Å². The van der Waals surface area contributed by atoms with Gasteiger partial charge in [0.05, 0.1) is 5.02 Å². The first-order valence-corrected chi connectivity index (χ1v) is 7.71. The molecule has 2 aromatic rings. The van der Waals surface area contributed by atoms with Gasteiger partial charge in [0, 0.05) is 10.5 Å². The largest absolute Gasteiger partial charge is 0.310 e. The molecule has 0 saturated carbocycles. The van der Waals surface area contributed by atoms with E-state index in [2.05, 4.69) is 34.2 Å². The van der Waals surface area contributed by atoms with Gasteiger partial charge in [-0.25, -0.2) is 4.39 Å². The Morgan fingerprint density at radius 2 is 1.95 bits per heavy atom. The molecule has 2 rings (SSSR count). The lowest BCUT2D eigenvalue weighted by Gasteiger charge is -2.20. The van der Waals surface area contributed by atoms with E-state index in [0.29, 0.717) is 6.42 Å². The third kappa shape index (κ3) is 3.60. The van der Waals surface area contributed by atoms with Gasteiger partial charge in [0.25, 0.3) is 0 Å². The maximum Gasteiger partial charge on any atom is 0.142 e. The molecule has 0 bridgehead atoms. The van der Waals surface area contributed by atoms with Crippen molar-refractivity contribution < 1.29 is 4.39 Å². The molecule has 0 radical (unpaired) electrons. The molecular weight excluding hydrogens is 341 g/mol. The maximum absolute atomic E-state index is 13.5. The van der Waals surface area contributed by atoms with E-state index >= 15 is 0 Å². The van der Waals surface area contributed by atoms with Gasteiger partial charge in [-0.15, -0.1) is 0 Å². The zero-order valence-corrected chi connectivity index (χ0v) is 13.5. The second-order valence-corrected chi connectivity index (χ2v) is 5.78. The fourth-order valence-corrected chi connectivity index (χ4v) is 2.99. The Kier molecular flexibility index (Phi) is 5.58. The first-order chi connectivity index (χ1) is 9.63. The van der Waals surface area contributed by atoms with E-state index < -0.39 is 0 Å². The number of hydrogen-bond donors (Lipinski definition) is 1. The van der Waals surface area contributed by atoms with Crippen molar-refractivity contribution in [2.45, 2.75) is 19.4 Å². The lowest BCUT2D eigenvalue weighted by atomic mass is 9.98. The maximum atomic E-state index is 13.5. The molecule has 0 spiro atoms. The third-order valence-electron chi connectivity index (χ3n) is 3.19. The molecule has 0 aromatic heterocycles. The van der Waals surface area contributed by atoms with E-state index in [1.807, 2.05) is 24.3 Å². The molecule has 0 aliphatic heterocycles. The highest BCUT2D eigenvalue weighted by Crippen LogP contribution is 2.29.